The number of rotatable bonds is 4. The Hall–Kier alpha value is -0.940. The highest BCUT2D eigenvalue weighted by Gasteiger charge is 2.23. The molecule has 0 atom stereocenters. The van der Waals surface area contributed by atoms with E-state index in [4.69, 9.17) is 16.3 Å². The topological polar surface area (TPSA) is 55.4 Å². The molecule has 1 aliphatic heterocycles. The average molecular weight is 318 g/mol. The lowest BCUT2D eigenvalue weighted by Crippen LogP contribution is -2.32. The molecule has 0 bridgehead atoms. The highest BCUT2D eigenvalue weighted by molar-refractivity contribution is 7.91. The maximum Gasteiger partial charge on any atom is 0.150 e. The molecule has 1 heterocycles. The molecule has 1 fully saturated rings. The number of sulfone groups is 1. The second-order valence-corrected chi connectivity index (χ2v) is 8.09. The van der Waals surface area contributed by atoms with Crippen LogP contribution in [-0.2, 0) is 9.84 Å². The molecule has 0 aromatic heterocycles. The first-order valence-electron chi connectivity index (χ1n) is 6.79. The molecule has 1 N–H and O–H groups in total. The van der Waals surface area contributed by atoms with Gasteiger partial charge in [0.1, 0.15) is 15.6 Å². The van der Waals surface area contributed by atoms with Crippen molar-refractivity contribution >= 4 is 27.1 Å². The van der Waals surface area contributed by atoms with E-state index in [0.29, 0.717) is 23.6 Å². The van der Waals surface area contributed by atoms with E-state index >= 15 is 0 Å². The van der Waals surface area contributed by atoms with Crippen LogP contribution in [0.15, 0.2) is 18.2 Å². The number of hydrogen-bond donors (Lipinski definition) is 1. The monoisotopic (exact) mass is 317 g/mol. The van der Waals surface area contributed by atoms with E-state index in [1.807, 2.05) is 32.0 Å². The third-order valence-electron chi connectivity index (χ3n) is 3.22. The van der Waals surface area contributed by atoms with Crippen molar-refractivity contribution in [2.24, 2.45) is 0 Å². The fraction of sp³-hybridized carbons (Fsp3) is 0.571. The summed E-state index contributed by atoms with van der Waals surface area (Å²) < 4.78 is 28.3. The molecule has 2 rings (SSSR count). The van der Waals surface area contributed by atoms with Gasteiger partial charge in [0.15, 0.2) is 0 Å². The van der Waals surface area contributed by atoms with Crippen LogP contribution in [0, 0.1) is 0 Å². The summed E-state index contributed by atoms with van der Waals surface area (Å²) in [7, 11) is -2.82. The summed E-state index contributed by atoms with van der Waals surface area (Å²) in [6.07, 6.45) is 1.36. The van der Waals surface area contributed by atoms with Crippen molar-refractivity contribution in [1.29, 1.82) is 0 Å². The quantitative estimate of drug-likeness (QED) is 0.927. The predicted molar refractivity (Wildman–Crippen MR) is 82.5 cm³/mol. The third-order valence-corrected chi connectivity index (χ3v) is 5.23. The molecule has 0 aliphatic carbocycles. The van der Waals surface area contributed by atoms with E-state index in [2.05, 4.69) is 5.32 Å². The van der Waals surface area contributed by atoms with Crippen molar-refractivity contribution in [2.75, 3.05) is 16.8 Å². The van der Waals surface area contributed by atoms with Crippen LogP contribution in [0.1, 0.15) is 26.7 Å². The summed E-state index contributed by atoms with van der Waals surface area (Å²) in [5.41, 5.74) is 0.899. The Bertz CT molecular complexity index is 558. The summed E-state index contributed by atoms with van der Waals surface area (Å²) in [6.45, 7) is 3.90. The molecule has 1 aromatic rings. The SMILES string of the molecule is CC(C)Oc1ccc(NC2CCS(=O)(=O)CC2)cc1Cl. The number of halogens is 1. The van der Waals surface area contributed by atoms with E-state index in [1.165, 1.54) is 0 Å². The van der Waals surface area contributed by atoms with Gasteiger partial charge in [0, 0.05) is 11.7 Å². The highest BCUT2D eigenvalue weighted by Crippen LogP contribution is 2.29. The molecule has 0 spiro atoms. The summed E-state index contributed by atoms with van der Waals surface area (Å²) in [5.74, 6) is 1.18. The molecule has 0 unspecified atom stereocenters. The fourth-order valence-electron chi connectivity index (χ4n) is 2.21. The van der Waals surface area contributed by atoms with Gasteiger partial charge < -0.3 is 10.1 Å². The molecule has 0 saturated carbocycles. The Morgan fingerprint density at radius 2 is 1.95 bits per heavy atom. The van der Waals surface area contributed by atoms with Crippen molar-refractivity contribution in [3.63, 3.8) is 0 Å². The van der Waals surface area contributed by atoms with E-state index < -0.39 is 9.84 Å². The van der Waals surface area contributed by atoms with Crippen molar-refractivity contribution in [3.8, 4) is 5.75 Å². The summed E-state index contributed by atoms with van der Waals surface area (Å²) in [6, 6.07) is 5.76. The maximum absolute atomic E-state index is 11.4. The van der Waals surface area contributed by atoms with Crippen molar-refractivity contribution < 1.29 is 13.2 Å². The molecular formula is C14H20ClNO3S. The van der Waals surface area contributed by atoms with Gasteiger partial charge in [-0.15, -0.1) is 0 Å². The van der Waals surface area contributed by atoms with E-state index in [1.54, 1.807) is 0 Å². The van der Waals surface area contributed by atoms with Crippen molar-refractivity contribution in [2.45, 2.75) is 38.8 Å². The summed E-state index contributed by atoms with van der Waals surface area (Å²) >= 11 is 6.18. The zero-order valence-corrected chi connectivity index (χ0v) is 13.3. The minimum absolute atomic E-state index is 0.0786. The van der Waals surface area contributed by atoms with Crippen molar-refractivity contribution in [3.05, 3.63) is 23.2 Å². The Balaban J connectivity index is 1.99. The lowest BCUT2D eigenvalue weighted by Gasteiger charge is -2.24. The largest absolute Gasteiger partial charge is 0.489 e. The first-order valence-corrected chi connectivity index (χ1v) is 8.99. The second-order valence-electron chi connectivity index (χ2n) is 5.38. The molecule has 1 aliphatic rings. The average Bonchev–Trinajstić information content (AvgIpc) is 2.35. The molecule has 6 heteroatoms. The fourth-order valence-corrected chi connectivity index (χ4v) is 3.93. The van der Waals surface area contributed by atoms with Gasteiger partial charge in [0.05, 0.1) is 22.6 Å². The first kappa shape index (κ1) is 15.4. The van der Waals surface area contributed by atoms with Gasteiger partial charge in [-0.1, -0.05) is 11.6 Å². The number of nitrogens with one attached hydrogen (secondary N) is 1. The minimum Gasteiger partial charge on any atom is -0.489 e. The van der Waals surface area contributed by atoms with Gasteiger partial charge in [-0.25, -0.2) is 8.42 Å². The van der Waals surface area contributed by atoms with Gasteiger partial charge in [-0.3, -0.25) is 0 Å². The van der Waals surface area contributed by atoms with E-state index in [-0.39, 0.29) is 23.7 Å². The maximum atomic E-state index is 11.4. The number of benzene rings is 1. The van der Waals surface area contributed by atoms with E-state index in [0.717, 1.165) is 5.69 Å². The van der Waals surface area contributed by atoms with Crippen LogP contribution in [0.25, 0.3) is 0 Å². The van der Waals surface area contributed by atoms with Gasteiger partial charge in [-0.05, 0) is 44.9 Å². The molecule has 112 valence electrons. The standard InChI is InChI=1S/C14H20ClNO3S/c1-10(2)19-14-4-3-12(9-13(14)15)16-11-5-7-20(17,18)8-6-11/h3-4,9-11,16H,5-8H2,1-2H3. The lowest BCUT2D eigenvalue weighted by molar-refractivity contribution is 0.242. The molecule has 0 amide bonds. The second kappa shape index (κ2) is 6.22. The predicted octanol–water partition coefficient (Wildman–Crippen LogP) is 3.12. The van der Waals surface area contributed by atoms with Crippen molar-refractivity contribution in [1.82, 2.24) is 0 Å². The zero-order chi connectivity index (χ0) is 14.8. The summed E-state index contributed by atoms with van der Waals surface area (Å²) in [5, 5.41) is 3.90. The number of ether oxygens (including phenoxy) is 1. The minimum atomic E-state index is -2.82. The Kier molecular flexibility index (Phi) is 4.81. The number of anilines is 1. The molecule has 20 heavy (non-hydrogen) atoms. The van der Waals surface area contributed by atoms with E-state index in [9.17, 15) is 8.42 Å². The molecule has 1 aromatic carbocycles. The van der Waals surface area contributed by atoms with Crippen LogP contribution in [-0.4, -0.2) is 32.1 Å². The number of hydrogen-bond acceptors (Lipinski definition) is 4. The van der Waals surface area contributed by atoms with Gasteiger partial charge in [0.25, 0.3) is 0 Å². The molecule has 0 radical (unpaired) electrons. The lowest BCUT2D eigenvalue weighted by atomic mass is 10.1. The Morgan fingerprint density at radius 3 is 2.50 bits per heavy atom. The third kappa shape index (κ3) is 4.28. The normalized spacial score (nSPS) is 19.0. The summed E-state index contributed by atoms with van der Waals surface area (Å²) in [4.78, 5) is 0. The molecular weight excluding hydrogens is 298 g/mol. The van der Waals surface area contributed by atoms with Crippen LogP contribution < -0.4 is 10.1 Å². The molecule has 4 nitrogen and oxygen atoms in total. The van der Waals surface area contributed by atoms with Gasteiger partial charge >= 0.3 is 0 Å². The smallest absolute Gasteiger partial charge is 0.150 e. The van der Waals surface area contributed by atoms with Crippen LogP contribution in [0.5, 0.6) is 5.75 Å². The van der Waals surface area contributed by atoms with Crippen LogP contribution >= 0.6 is 11.6 Å². The van der Waals surface area contributed by atoms with Crippen LogP contribution in [0.4, 0.5) is 5.69 Å². The first-order chi connectivity index (χ1) is 9.35. The Labute approximate surface area is 125 Å². The highest BCUT2D eigenvalue weighted by atomic mass is 35.5. The van der Waals surface area contributed by atoms with Crippen LogP contribution in [0.2, 0.25) is 5.02 Å². The van der Waals surface area contributed by atoms with Crippen LogP contribution in [0.3, 0.4) is 0 Å². The zero-order valence-electron chi connectivity index (χ0n) is 11.7. The van der Waals surface area contributed by atoms with Gasteiger partial charge in [-0.2, -0.15) is 0 Å². The Morgan fingerprint density at radius 1 is 1.30 bits per heavy atom. The molecule has 1 saturated heterocycles. The van der Waals surface area contributed by atoms with Gasteiger partial charge in [0.2, 0.25) is 0 Å².